The number of benzene rings is 4. The Balaban J connectivity index is 1.53. The van der Waals surface area contributed by atoms with Gasteiger partial charge in [0.25, 0.3) is 0 Å². The fourth-order valence-corrected chi connectivity index (χ4v) is 3.67. The lowest BCUT2D eigenvalue weighted by atomic mass is 10.1. The van der Waals surface area contributed by atoms with Gasteiger partial charge >= 0.3 is 11.9 Å². The van der Waals surface area contributed by atoms with Crippen molar-refractivity contribution < 1.29 is 28.5 Å². The van der Waals surface area contributed by atoms with Crippen LogP contribution in [-0.4, -0.2) is 26.2 Å². The average molecular weight is 531 g/mol. The van der Waals surface area contributed by atoms with E-state index in [-0.39, 0.29) is 13.2 Å². The first-order chi connectivity index (χ1) is 19.6. The van der Waals surface area contributed by atoms with E-state index in [9.17, 15) is 9.59 Å². The Morgan fingerprint density at radius 3 is 1.35 bits per heavy atom. The van der Waals surface area contributed by atoms with Gasteiger partial charge in [-0.05, 0) is 59.4 Å². The summed E-state index contributed by atoms with van der Waals surface area (Å²) in [6, 6.07) is 29.3. The van der Waals surface area contributed by atoms with Gasteiger partial charge in [0.05, 0.1) is 14.2 Å². The average Bonchev–Trinajstić information content (AvgIpc) is 3.01. The molecule has 6 nitrogen and oxygen atoms in total. The zero-order chi connectivity index (χ0) is 28.2. The third-order valence-corrected chi connectivity index (χ3v) is 5.72. The molecule has 0 aliphatic carbocycles. The van der Waals surface area contributed by atoms with Gasteiger partial charge in [0.15, 0.2) is 0 Å². The SMILES string of the molecule is COC(=O)c1ccc(C#CC#Cc2ccc(C(=O)OC)c(OCc3ccccc3)c2)cc1OCc1ccccc1. The van der Waals surface area contributed by atoms with Crippen LogP contribution in [0.2, 0.25) is 0 Å². The van der Waals surface area contributed by atoms with Crippen LogP contribution in [0, 0.1) is 23.7 Å². The minimum Gasteiger partial charge on any atom is -0.488 e. The smallest absolute Gasteiger partial charge is 0.341 e. The number of hydrogen-bond acceptors (Lipinski definition) is 6. The van der Waals surface area contributed by atoms with Crippen LogP contribution in [-0.2, 0) is 22.7 Å². The molecule has 6 heteroatoms. The summed E-state index contributed by atoms with van der Waals surface area (Å²) in [5, 5.41) is 0. The van der Waals surface area contributed by atoms with Crippen LogP contribution in [0.1, 0.15) is 43.0 Å². The number of methoxy groups -OCH3 is 2. The van der Waals surface area contributed by atoms with Crippen molar-refractivity contribution in [3.63, 3.8) is 0 Å². The van der Waals surface area contributed by atoms with Gasteiger partial charge < -0.3 is 18.9 Å². The van der Waals surface area contributed by atoms with Crippen molar-refractivity contribution in [2.45, 2.75) is 13.2 Å². The Labute approximate surface area is 233 Å². The van der Waals surface area contributed by atoms with E-state index >= 15 is 0 Å². The van der Waals surface area contributed by atoms with Gasteiger partial charge in [-0.25, -0.2) is 9.59 Å². The molecular formula is C34H26O6. The first-order valence-electron chi connectivity index (χ1n) is 12.4. The molecule has 40 heavy (non-hydrogen) atoms. The highest BCUT2D eigenvalue weighted by Gasteiger charge is 2.15. The number of carbonyl (C=O) groups excluding carboxylic acids is 2. The summed E-state index contributed by atoms with van der Waals surface area (Å²) in [6.07, 6.45) is 0. The van der Waals surface area contributed by atoms with E-state index in [1.807, 2.05) is 60.7 Å². The Bertz CT molecular complexity index is 1480. The standard InChI is InChI=1S/C34H26O6/c1-37-33(35)29-19-17-25(21-31(29)39-23-27-13-5-3-6-14-27)11-9-10-12-26-18-20-30(34(36)38-2)32(22-26)40-24-28-15-7-4-8-16-28/h3-8,13-22H,23-24H2,1-2H3. The van der Waals surface area contributed by atoms with E-state index in [0.29, 0.717) is 33.8 Å². The predicted molar refractivity (Wildman–Crippen MR) is 151 cm³/mol. The Hall–Kier alpha value is -5.46. The van der Waals surface area contributed by atoms with Gasteiger partial charge in [0, 0.05) is 11.1 Å². The molecule has 0 radical (unpaired) electrons. The lowest BCUT2D eigenvalue weighted by Gasteiger charge is -2.11. The molecular weight excluding hydrogens is 504 g/mol. The highest BCUT2D eigenvalue weighted by molar-refractivity contribution is 5.93. The molecule has 0 aliphatic rings. The van der Waals surface area contributed by atoms with Crippen molar-refractivity contribution in [3.05, 3.63) is 130 Å². The molecule has 0 saturated carbocycles. The molecule has 0 bridgehead atoms. The molecule has 0 amide bonds. The maximum atomic E-state index is 12.2. The van der Waals surface area contributed by atoms with Crippen molar-refractivity contribution >= 4 is 11.9 Å². The van der Waals surface area contributed by atoms with Gasteiger partial charge in [-0.2, -0.15) is 0 Å². The number of rotatable bonds is 8. The zero-order valence-corrected chi connectivity index (χ0v) is 22.1. The number of hydrogen-bond donors (Lipinski definition) is 0. The van der Waals surface area contributed by atoms with Crippen molar-refractivity contribution in [1.82, 2.24) is 0 Å². The Morgan fingerprint density at radius 2 is 0.975 bits per heavy atom. The molecule has 4 rings (SSSR count). The third-order valence-electron chi connectivity index (χ3n) is 5.72. The first kappa shape index (κ1) is 27.6. The minimum atomic E-state index is -0.497. The van der Waals surface area contributed by atoms with Gasteiger partial charge in [-0.15, -0.1) is 0 Å². The molecule has 4 aromatic carbocycles. The molecule has 0 fully saturated rings. The van der Waals surface area contributed by atoms with E-state index in [4.69, 9.17) is 18.9 Å². The van der Waals surface area contributed by atoms with Crippen LogP contribution >= 0.6 is 0 Å². The fourth-order valence-electron chi connectivity index (χ4n) is 3.67. The maximum Gasteiger partial charge on any atom is 0.341 e. The number of carbonyl (C=O) groups is 2. The topological polar surface area (TPSA) is 71.1 Å². The summed E-state index contributed by atoms with van der Waals surface area (Å²) in [5.74, 6) is 11.3. The van der Waals surface area contributed by atoms with E-state index < -0.39 is 11.9 Å². The molecule has 0 heterocycles. The molecule has 198 valence electrons. The van der Waals surface area contributed by atoms with Crippen molar-refractivity contribution in [1.29, 1.82) is 0 Å². The predicted octanol–water partition coefficient (Wildman–Crippen LogP) is 5.82. The van der Waals surface area contributed by atoms with Crippen molar-refractivity contribution in [3.8, 4) is 35.2 Å². The Morgan fingerprint density at radius 1 is 0.575 bits per heavy atom. The lowest BCUT2D eigenvalue weighted by Crippen LogP contribution is -2.06. The second kappa shape index (κ2) is 13.9. The second-order valence-corrected chi connectivity index (χ2v) is 8.45. The summed E-state index contributed by atoms with van der Waals surface area (Å²) in [4.78, 5) is 24.4. The molecule has 0 aromatic heterocycles. The molecule has 4 aromatic rings. The largest absolute Gasteiger partial charge is 0.488 e. The van der Waals surface area contributed by atoms with E-state index in [2.05, 4.69) is 23.7 Å². The third kappa shape index (κ3) is 7.54. The van der Waals surface area contributed by atoms with Gasteiger partial charge in [0.2, 0.25) is 0 Å². The summed E-state index contributed by atoms with van der Waals surface area (Å²) >= 11 is 0. The van der Waals surface area contributed by atoms with Crippen LogP contribution in [0.15, 0.2) is 97.1 Å². The quantitative estimate of drug-likeness (QED) is 0.211. The lowest BCUT2D eigenvalue weighted by molar-refractivity contribution is 0.0586. The zero-order valence-electron chi connectivity index (χ0n) is 22.1. The van der Waals surface area contributed by atoms with Crippen LogP contribution < -0.4 is 9.47 Å². The summed E-state index contributed by atoms with van der Waals surface area (Å²) in [7, 11) is 2.64. The highest BCUT2D eigenvalue weighted by atomic mass is 16.5. The molecule has 0 spiro atoms. The monoisotopic (exact) mass is 530 g/mol. The van der Waals surface area contributed by atoms with E-state index in [1.165, 1.54) is 14.2 Å². The van der Waals surface area contributed by atoms with Gasteiger partial charge in [-0.3, -0.25) is 0 Å². The highest BCUT2D eigenvalue weighted by Crippen LogP contribution is 2.24. The van der Waals surface area contributed by atoms with Crippen molar-refractivity contribution in [2.24, 2.45) is 0 Å². The summed E-state index contributed by atoms with van der Waals surface area (Å²) < 4.78 is 21.6. The number of ether oxygens (including phenoxy) is 4. The van der Waals surface area contributed by atoms with E-state index in [0.717, 1.165) is 11.1 Å². The molecule has 0 atom stereocenters. The first-order valence-corrected chi connectivity index (χ1v) is 12.4. The Kier molecular flexibility index (Phi) is 9.58. The van der Waals surface area contributed by atoms with Crippen LogP contribution in [0.25, 0.3) is 0 Å². The molecule has 0 saturated heterocycles. The molecule has 0 aliphatic heterocycles. The summed E-state index contributed by atoms with van der Waals surface area (Å²) in [5.41, 5.74) is 3.79. The normalized spacial score (nSPS) is 9.75. The maximum absolute atomic E-state index is 12.2. The summed E-state index contributed by atoms with van der Waals surface area (Å²) in [6.45, 7) is 0.579. The van der Waals surface area contributed by atoms with Gasteiger partial charge in [-0.1, -0.05) is 72.5 Å². The second-order valence-electron chi connectivity index (χ2n) is 8.45. The molecule has 0 N–H and O–H groups in total. The fraction of sp³-hybridized carbons (Fsp3) is 0.118. The van der Waals surface area contributed by atoms with Crippen molar-refractivity contribution in [2.75, 3.05) is 14.2 Å². The van der Waals surface area contributed by atoms with Crippen LogP contribution in [0.3, 0.4) is 0 Å². The molecule has 0 unspecified atom stereocenters. The van der Waals surface area contributed by atoms with E-state index in [1.54, 1.807) is 36.4 Å². The van der Waals surface area contributed by atoms with Crippen LogP contribution in [0.5, 0.6) is 11.5 Å². The van der Waals surface area contributed by atoms with Gasteiger partial charge in [0.1, 0.15) is 35.8 Å². The minimum absolute atomic E-state index is 0.289. The van der Waals surface area contributed by atoms with Crippen LogP contribution in [0.4, 0.5) is 0 Å². The number of esters is 2.